The molecule has 0 spiro atoms. The Balaban J connectivity index is 1.64. The van der Waals surface area contributed by atoms with Gasteiger partial charge in [0.1, 0.15) is 5.82 Å². The van der Waals surface area contributed by atoms with Crippen LogP contribution in [0.5, 0.6) is 0 Å². The van der Waals surface area contributed by atoms with Crippen molar-refractivity contribution in [3.63, 3.8) is 0 Å². The molecule has 7 nitrogen and oxygen atoms in total. The minimum absolute atomic E-state index is 0.151. The van der Waals surface area contributed by atoms with E-state index < -0.39 is 0 Å². The van der Waals surface area contributed by atoms with Gasteiger partial charge in [-0.3, -0.25) is 4.79 Å². The highest BCUT2D eigenvalue weighted by Crippen LogP contribution is 2.19. The molecule has 0 unspecified atom stereocenters. The van der Waals surface area contributed by atoms with Crippen molar-refractivity contribution in [3.8, 4) is 0 Å². The number of nitrogens with one attached hydrogen (secondary N) is 1. The van der Waals surface area contributed by atoms with E-state index in [-0.39, 0.29) is 5.91 Å². The van der Waals surface area contributed by atoms with Gasteiger partial charge in [-0.05, 0) is 37.5 Å². The molecule has 3 rings (SSSR count). The third kappa shape index (κ3) is 4.65. The summed E-state index contributed by atoms with van der Waals surface area (Å²) in [6.07, 6.45) is 4.39. The molecule has 1 amide bonds. The standard InChI is InChI=1S/C19H30N6O/c1-3-20-19(25-12-10-23(11-13-25)16(2)26)22-15-17-6-7-21-18(14-17)24-8-4-5-9-24/h6-7,14H,3-5,8-13,15H2,1-2H3,(H,20,22). The Morgan fingerprint density at radius 1 is 1.15 bits per heavy atom. The number of carbonyl (C=O) groups excluding carboxylic acids is 1. The van der Waals surface area contributed by atoms with Crippen molar-refractivity contribution in [1.29, 1.82) is 0 Å². The number of amides is 1. The average Bonchev–Trinajstić information content (AvgIpc) is 3.20. The molecule has 0 bridgehead atoms. The molecule has 0 radical (unpaired) electrons. The van der Waals surface area contributed by atoms with Crippen LogP contribution in [0.15, 0.2) is 23.3 Å². The summed E-state index contributed by atoms with van der Waals surface area (Å²) in [7, 11) is 0. The van der Waals surface area contributed by atoms with E-state index in [9.17, 15) is 4.79 Å². The minimum atomic E-state index is 0.151. The Labute approximate surface area is 156 Å². The van der Waals surface area contributed by atoms with Crippen molar-refractivity contribution in [2.24, 2.45) is 4.99 Å². The van der Waals surface area contributed by atoms with E-state index in [1.807, 2.05) is 17.2 Å². The van der Waals surface area contributed by atoms with Crippen LogP contribution in [0, 0.1) is 0 Å². The second kappa shape index (κ2) is 8.87. The number of anilines is 1. The van der Waals surface area contributed by atoms with Crippen molar-refractivity contribution in [2.75, 3.05) is 50.7 Å². The van der Waals surface area contributed by atoms with E-state index in [2.05, 4.69) is 33.1 Å². The van der Waals surface area contributed by atoms with Crippen LogP contribution < -0.4 is 10.2 Å². The summed E-state index contributed by atoms with van der Waals surface area (Å²) in [6, 6.07) is 4.20. The first-order valence-corrected chi connectivity index (χ1v) is 9.66. The summed E-state index contributed by atoms with van der Waals surface area (Å²) in [5.74, 6) is 2.14. The van der Waals surface area contributed by atoms with Crippen LogP contribution in [0.3, 0.4) is 0 Å². The number of hydrogen-bond acceptors (Lipinski definition) is 4. The first-order valence-electron chi connectivity index (χ1n) is 9.66. The predicted octanol–water partition coefficient (Wildman–Crippen LogP) is 1.31. The van der Waals surface area contributed by atoms with E-state index in [0.29, 0.717) is 6.54 Å². The third-order valence-corrected chi connectivity index (χ3v) is 5.01. The second-order valence-electron chi connectivity index (χ2n) is 6.88. The van der Waals surface area contributed by atoms with Gasteiger partial charge in [0.15, 0.2) is 5.96 Å². The van der Waals surface area contributed by atoms with Gasteiger partial charge in [0.05, 0.1) is 6.54 Å². The molecule has 0 saturated carbocycles. The summed E-state index contributed by atoms with van der Waals surface area (Å²) in [5.41, 5.74) is 1.18. The molecule has 2 saturated heterocycles. The lowest BCUT2D eigenvalue weighted by Crippen LogP contribution is -2.53. The topological polar surface area (TPSA) is 64.1 Å². The highest BCUT2D eigenvalue weighted by atomic mass is 16.2. The highest BCUT2D eigenvalue weighted by Gasteiger charge is 2.21. The van der Waals surface area contributed by atoms with Crippen LogP contribution in [0.25, 0.3) is 0 Å². The molecule has 1 aromatic heterocycles. The van der Waals surface area contributed by atoms with Crippen molar-refractivity contribution in [1.82, 2.24) is 20.1 Å². The van der Waals surface area contributed by atoms with Crippen molar-refractivity contribution in [3.05, 3.63) is 23.9 Å². The van der Waals surface area contributed by atoms with Gasteiger partial charge in [0.25, 0.3) is 0 Å². The molecular weight excluding hydrogens is 328 g/mol. The monoisotopic (exact) mass is 358 g/mol. The van der Waals surface area contributed by atoms with E-state index in [4.69, 9.17) is 4.99 Å². The van der Waals surface area contributed by atoms with Gasteiger partial charge in [-0.25, -0.2) is 9.98 Å². The van der Waals surface area contributed by atoms with Crippen LogP contribution in [0.4, 0.5) is 5.82 Å². The number of carbonyl (C=O) groups is 1. The van der Waals surface area contributed by atoms with E-state index in [1.165, 1.54) is 18.4 Å². The summed E-state index contributed by atoms with van der Waals surface area (Å²) in [6.45, 7) is 10.5. The SMILES string of the molecule is CCNC(=NCc1ccnc(N2CCCC2)c1)N1CCN(C(C)=O)CC1. The molecule has 1 N–H and O–H groups in total. The molecule has 3 heterocycles. The molecule has 26 heavy (non-hydrogen) atoms. The molecule has 2 fully saturated rings. The number of nitrogens with zero attached hydrogens (tertiary/aromatic N) is 5. The van der Waals surface area contributed by atoms with E-state index >= 15 is 0 Å². The molecule has 0 aliphatic carbocycles. The van der Waals surface area contributed by atoms with Gasteiger partial charge in [-0.1, -0.05) is 0 Å². The third-order valence-electron chi connectivity index (χ3n) is 5.01. The van der Waals surface area contributed by atoms with Gasteiger partial charge in [-0.15, -0.1) is 0 Å². The zero-order valence-corrected chi connectivity index (χ0v) is 15.9. The maximum atomic E-state index is 11.5. The lowest BCUT2D eigenvalue weighted by molar-refractivity contribution is -0.130. The number of rotatable bonds is 4. The maximum Gasteiger partial charge on any atom is 0.219 e. The van der Waals surface area contributed by atoms with E-state index in [1.54, 1.807) is 6.92 Å². The highest BCUT2D eigenvalue weighted by molar-refractivity contribution is 5.80. The first-order chi connectivity index (χ1) is 12.7. The summed E-state index contributed by atoms with van der Waals surface area (Å²) < 4.78 is 0. The molecular formula is C19H30N6O. The van der Waals surface area contributed by atoms with E-state index in [0.717, 1.165) is 57.6 Å². The smallest absolute Gasteiger partial charge is 0.219 e. The quantitative estimate of drug-likeness (QED) is 0.649. The number of pyridine rings is 1. The number of hydrogen-bond donors (Lipinski definition) is 1. The van der Waals surface area contributed by atoms with Crippen LogP contribution in [0.1, 0.15) is 32.3 Å². The van der Waals surface area contributed by atoms with Crippen LogP contribution in [0.2, 0.25) is 0 Å². The minimum Gasteiger partial charge on any atom is -0.357 e. The molecule has 2 aliphatic rings. The molecule has 7 heteroatoms. The van der Waals surface area contributed by atoms with Crippen molar-refractivity contribution in [2.45, 2.75) is 33.2 Å². The second-order valence-corrected chi connectivity index (χ2v) is 6.88. The molecule has 142 valence electrons. The zero-order chi connectivity index (χ0) is 18.4. The maximum absolute atomic E-state index is 11.5. The Morgan fingerprint density at radius 3 is 2.50 bits per heavy atom. The molecule has 2 aliphatic heterocycles. The number of piperazine rings is 1. The van der Waals surface area contributed by atoms with Gasteiger partial charge in [-0.2, -0.15) is 0 Å². The molecule has 0 aromatic carbocycles. The Bertz CT molecular complexity index is 633. The fourth-order valence-corrected chi connectivity index (χ4v) is 3.50. The summed E-state index contributed by atoms with van der Waals surface area (Å²) >= 11 is 0. The fraction of sp³-hybridized carbons (Fsp3) is 0.632. The van der Waals surface area contributed by atoms with Crippen LogP contribution in [-0.2, 0) is 11.3 Å². The van der Waals surface area contributed by atoms with Gasteiger partial charge < -0.3 is 20.0 Å². The van der Waals surface area contributed by atoms with Gasteiger partial charge in [0.2, 0.25) is 5.91 Å². The molecule has 0 atom stereocenters. The Kier molecular flexibility index (Phi) is 6.30. The fourth-order valence-electron chi connectivity index (χ4n) is 3.50. The lowest BCUT2D eigenvalue weighted by atomic mass is 10.2. The summed E-state index contributed by atoms with van der Waals surface area (Å²) in [5, 5.41) is 3.38. The van der Waals surface area contributed by atoms with Crippen molar-refractivity contribution < 1.29 is 4.79 Å². The average molecular weight is 358 g/mol. The van der Waals surface area contributed by atoms with Crippen LogP contribution >= 0.6 is 0 Å². The van der Waals surface area contributed by atoms with Gasteiger partial charge in [0, 0.05) is 58.9 Å². The van der Waals surface area contributed by atoms with Gasteiger partial charge >= 0.3 is 0 Å². The lowest BCUT2D eigenvalue weighted by Gasteiger charge is -2.36. The van der Waals surface area contributed by atoms with Crippen LogP contribution in [-0.4, -0.2) is 72.5 Å². The number of aromatic nitrogens is 1. The Morgan fingerprint density at radius 2 is 1.85 bits per heavy atom. The normalized spacial score (nSPS) is 18.4. The number of aliphatic imine (C=N–C) groups is 1. The first kappa shape index (κ1) is 18.5. The number of guanidine groups is 1. The zero-order valence-electron chi connectivity index (χ0n) is 15.9. The molecule has 1 aromatic rings. The predicted molar refractivity (Wildman–Crippen MR) is 104 cm³/mol. The summed E-state index contributed by atoms with van der Waals surface area (Å²) in [4.78, 5) is 27.3. The van der Waals surface area contributed by atoms with Crippen molar-refractivity contribution >= 4 is 17.7 Å². The Hall–Kier alpha value is -2.31. The largest absolute Gasteiger partial charge is 0.357 e.